The fraction of sp³-hybridized carbons (Fsp3) is 0.739. The fourth-order valence-corrected chi connectivity index (χ4v) is 7.50. The number of hydrogen-bond acceptors (Lipinski definition) is 5. The van der Waals surface area contributed by atoms with Crippen molar-refractivity contribution in [3.05, 3.63) is 35.9 Å². The zero-order valence-electron chi connectivity index (χ0n) is 16.9. The molecule has 0 amide bonds. The lowest BCUT2D eigenvalue weighted by Gasteiger charge is -2.61. The Morgan fingerprint density at radius 3 is 2.46 bits per heavy atom. The Hall–Kier alpha value is -1.30. The van der Waals surface area contributed by atoms with Gasteiger partial charge < -0.3 is 15.3 Å². The Kier molecular flexibility index (Phi) is 3.92. The predicted molar refractivity (Wildman–Crippen MR) is 105 cm³/mol. The van der Waals surface area contributed by atoms with Crippen LogP contribution in [0.2, 0.25) is 0 Å². The lowest BCUT2D eigenvalue weighted by Crippen LogP contribution is -2.63. The summed E-state index contributed by atoms with van der Waals surface area (Å²) in [5, 5.41) is 34.1. The molecule has 1 aromatic rings. The topological polar surface area (TPSA) is 86.5 Å². The summed E-state index contributed by atoms with van der Waals surface area (Å²) in [5.41, 5.74) is -1.33. The molecule has 3 fully saturated rings. The SMILES string of the molecule is C[C@]12CC[C@H]3[C@@H](CC=C4C[C@@H](O)CC[C@@]43C)[C@@]1(O)CC[C@]2(O)c1ncccn1. The van der Waals surface area contributed by atoms with Gasteiger partial charge in [-0.05, 0) is 74.7 Å². The summed E-state index contributed by atoms with van der Waals surface area (Å²) < 4.78 is 0. The van der Waals surface area contributed by atoms with Crippen molar-refractivity contribution in [2.45, 2.75) is 82.5 Å². The molecule has 3 saturated carbocycles. The number of rotatable bonds is 1. The van der Waals surface area contributed by atoms with E-state index in [4.69, 9.17) is 0 Å². The van der Waals surface area contributed by atoms with Gasteiger partial charge in [0.2, 0.25) is 0 Å². The molecule has 4 aliphatic rings. The molecule has 4 aliphatic carbocycles. The molecular formula is C23H32N2O3. The van der Waals surface area contributed by atoms with Crippen LogP contribution in [-0.4, -0.2) is 37.0 Å². The molecule has 0 radical (unpaired) electrons. The second kappa shape index (κ2) is 5.87. The van der Waals surface area contributed by atoms with Crippen LogP contribution in [0.1, 0.15) is 71.0 Å². The highest BCUT2D eigenvalue weighted by molar-refractivity contribution is 5.30. The molecule has 1 aromatic heterocycles. The highest BCUT2D eigenvalue weighted by Crippen LogP contribution is 2.70. The monoisotopic (exact) mass is 384 g/mol. The lowest BCUT2D eigenvalue weighted by atomic mass is 9.45. The van der Waals surface area contributed by atoms with Crippen LogP contribution in [0.4, 0.5) is 0 Å². The second-order valence-corrected chi connectivity index (χ2v) is 10.2. The van der Waals surface area contributed by atoms with Gasteiger partial charge in [-0.15, -0.1) is 0 Å². The van der Waals surface area contributed by atoms with Gasteiger partial charge >= 0.3 is 0 Å². The number of hydrogen-bond donors (Lipinski definition) is 3. The predicted octanol–water partition coefficient (Wildman–Crippen LogP) is 3.10. The summed E-state index contributed by atoms with van der Waals surface area (Å²) >= 11 is 0. The van der Waals surface area contributed by atoms with Crippen molar-refractivity contribution >= 4 is 0 Å². The first-order valence-corrected chi connectivity index (χ1v) is 10.8. The van der Waals surface area contributed by atoms with Crippen molar-refractivity contribution in [3.63, 3.8) is 0 Å². The Labute approximate surface area is 166 Å². The summed E-state index contributed by atoms with van der Waals surface area (Å²) in [4.78, 5) is 8.76. The van der Waals surface area contributed by atoms with E-state index in [1.807, 2.05) is 0 Å². The van der Waals surface area contributed by atoms with Crippen LogP contribution in [0.25, 0.3) is 0 Å². The fourth-order valence-electron chi connectivity index (χ4n) is 7.50. The molecular weight excluding hydrogens is 352 g/mol. The molecule has 5 rings (SSSR count). The van der Waals surface area contributed by atoms with E-state index >= 15 is 0 Å². The van der Waals surface area contributed by atoms with Crippen molar-refractivity contribution < 1.29 is 15.3 Å². The highest BCUT2D eigenvalue weighted by atomic mass is 16.3. The zero-order chi connectivity index (χ0) is 19.8. The number of fused-ring (bicyclic) bond motifs is 5. The average Bonchev–Trinajstić information content (AvgIpc) is 2.91. The van der Waals surface area contributed by atoms with Crippen molar-refractivity contribution in [2.75, 3.05) is 0 Å². The smallest absolute Gasteiger partial charge is 0.160 e. The average molecular weight is 385 g/mol. The first-order chi connectivity index (χ1) is 13.2. The summed E-state index contributed by atoms with van der Waals surface area (Å²) in [6.45, 7) is 4.40. The quantitative estimate of drug-likeness (QED) is 0.648. The van der Waals surface area contributed by atoms with E-state index in [0.29, 0.717) is 24.6 Å². The largest absolute Gasteiger partial charge is 0.393 e. The van der Waals surface area contributed by atoms with Crippen LogP contribution >= 0.6 is 0 Å². The van der Waals surface area contributed by atoms with Gasteiger partial charge in [-0.25, -0.2) is 9.97 Å². The third kappa shape index (κ3) is 2.13. The highest BCUT2D eigenvalue weighted by Gasteiger charge is 2.72. The van der Waals surface area contributed by atoms with Gasteiger partial charge in [0.15, 0.2) is 5.82 Å². The molecule has 28 heavy (non-hydrogen) atoms. The van der Waals surface area contributed by atoms with Crippen LogP contribution < -0.4 is 0 Å². The van der Waals surface area contributed by atoms with Gasteiger partial charge in [0.25, 0.3) is 0 Å². The van der Waals surface area contributed by atoms with Gasteiger partial charge in [-0.3, -0.25) is 0 Å². The van der Waals surface area contributed by atoms with Crippen LogP contribution in [0, 0.1) is 22.7 Å². The molecule has 0 saturated heterocycles. The van der Waals surface area contributed by atoms with Crippen molar-refractivity contribution in [1.82, 2.24) is 9.97 Å². The Morgan fingerprint density at radius 1 is 0.964 bits per heavy atom. The molecule has 5 nitrogen and oxygen atoms in total. The van der Waals surface area contributed by atoms with Crippen LogP contribution in [0.15, 0.2) is 30.1 Å². The Bertz CT molecular complexity index is 813. The first kappa shape index (κ1) is 18.7. The number of allylic oxidation sites excluding steroid dienone is 1. The first-order valence-electron chi connectivity index (χ1n) is 10.8. The van der Waals surface area contributed by atoms with Crippen LogP contribution in [0.5, 0.6) is 0 Å². The molecule has 0 unspecified atom stereocenters. The molecule has 0 aliphatic heterocycles. The van der Waals surface area contributed by atoms with E-state index in [1.165, 1.54) is 5.57 Å². The van der Waals surface area contributed by atoms with Crippen molar-refractivity contribution in [1.29, 1.82) is 0 Å². The number of aliphatic hydroxyl groups is 3. The minimum Gasteiger partial charge on any atom is -0.393 e. The number of aliphatic hydroxyl groups excluding tert-OH is 1. The molecule has 0 aromatic carbocycles. The van der Waals surface area contributed by atoms with E-state index in [9.17, 15) is 15.3 Å². The molecule has 0 spiro atoms. The summed E-state index contributed by atoms with van der Waals surface area (Å²) in [6, 6.07) is 1.76. The number of nitrogens with zero attached hydrogens (tertiary/aromatic N) is 2. The van der Waals surface area contributed by atoms with E-state index in [0.717, 1.165) is 38.5 Å². The van der Waals surface area contributed by atoms with Gasteiger partial charge in [0.05, 0.1) is 11.7 Å². The van der Waals surface area contributed by atoms with Crippen molar-refractivity contribution in [2.24, 2.45) is 22.7 Å². The lowest BCUT2D eigenvalue weighted by molar-refractivity contribution is -0.220. The van der Waals surface area contributed by atoms with Crippen molar-refractivity contribution in [3.8, 4) is 0 Å². The summed E-state index contributed by atoms with van der Waals surface area (Å²) in [6.07, 6.45) is 11.7. The molecule has 3 N–H and O–H groups in total. The molecule has 152 valence electrons. The number of aromatic nitrogens is 2. The minimum absolute atomic E-state index is 0.0587. The molecule has 5 heteroatoms. The summed E-state index contributed by atoms with van der Waals surface area (Å²) in [7, 11) is 0. The molecule has 7 atom stereocenters. The Morgan fingerprint density at radius 2 is 1.71 bits per heavy atom. The van der Waals surface area contributed by atoms with Gasteiger partial charge in [-0.1, -0.05) is 25.5 Å². The second-order valence-electron chi connectivity index (χ2n) is 10.2. The van der Waals surface area contributed by atoms with E-state index in [2.05, 4.69) is 29.9 Å². The third-order valence-electron chi connectivity index (χ3n) is 9.35. The standard InChI is InChI=1S/C23H32N2O3/c1-20-8-6-16(26)14-15(20)4-5-18-17(20)7-9-21(2)22(18,27)10-11-23(21,28)19-24-12-3-13-25-19/h3-4,12-13,16-18,26-28H,5-11,14H2,1-2H3/t16-,17-,18+,20-,21-,22-,23-/m0/s1. The van der Waals surface area contributed by atoms with Crippen LogP contribution in [-0.2, 0) is 5.60 Å². The Balaban J connectivity index is 1.56. The van der Waals surface area contributed by atoms with Gasteiger partial charge in [0, 0.05) is 17.8 Å². The molecule has 1 heterocycles. The van der Waals surface area contributed by atoms with E-state index in [1.54, 1.807) is 18.5 Å². The van der Waals surface area contributed by atoms with E-state index < -0.39 is 16.6 Å². The van der Waals surface area contributed by atoms with Crippen LogP contribution in [0.3, 0.4) is 0 Å². The normalized spacial score (nSPS) is 50.3. The maximum Gasteiger partial charge on any atom is 0.160 e. The zero-order valence-corrected chi connectivity index (χ0v) is 16.9. The third-order valence-corrected chi connectivity index (χ3v) is 9.35. The maximum absolute atomic E-state index is 12.1. The maximum atomic E-state index is 12.1. The minimum atomic E-state index is -1.19. The summed E-state index contributed by atoms with van der Waals surface area (Å²) in [5.74, 6) is 0.982. The van der Waals surface area contributed by atoms with Gasteiger partial charge in [-0.2, -0.15) is 0 Å². The molecule has 0 bridgehead atoms. The van der Waals surface area contributed by atoms with Gasteiger partial charge in [0.1, 0.15) is 5.60 Å². The van der Waals surface area contributed by atoms with E-state index in [-0.39, 0.29) is 17.4 Å².